The van der Waals surface area contributed by atoms with Gasteiger partial charge in [-0.25, -0.2) is 0 Å². The number of hydrogen-bond acceptors (Lipinski definition) is 2. The molecule has 0 spiro atoms. The van der Waals surface area contributed by atoms with E-state index in [-0.39, 0.29) is 0 Å². The summed E-state index contributed by atoms with van der Waals surface area (Å²) in [4.78, 5) is 0. The quantitative estimate of drug-likeness (QED) is 0.812. The Labute approximate surface area is 106 Å². The monoisotopic (exact) mass is 237 g/mol. The molecule has 1 saturated carbocycles. The van der Waals surface area contributed by atoms with Gasteiger partial charge in [-0.1, -0.05) is 51.3 Å². The summed E-state index contributed by atoms with van der Waals surface area (Å²) in [5, 5.41) is 10.6. The van der Waals surface area contributed by atoms with E-state index < -0.39 is 0 Å². The lowest BCUT2D eigenvalue weighted by molar-refractivity contribution is 0.399. The minimum atomic E-state index is 0.719. The van der Waals surface area contributed by atoms with E-state index in [2.05, 4.69) is 35.6 Å². The van der Waals surface area contributed by atoms with Gasteiger partial charge in [-0.05, 0) is 25.0 Å². The van der Waals surface area contributed by atoms with Crippen LogP contribution in [0.5, 0.6) is 0 Å². The Morgan fingerprint density at radius 3 is 2.00 bits per heavy atom. The van der Waals surface area contributed by atoms with Gasteiger partial charge >= 0.3 is 0 Å². The van der Waals surface area contributed by atoms with Gasteiger partial charge < -0.3 is 10.4 Å². The van der Waals surface area contributed by atoms with Crippen LogP contribution in [0.15, 0.2) is 30.3 Å². The summed E-state index contributed by atoms with van der Waals surface area (Å²) in [6.45, 7) is 4.00. The van der Waals surface area contributed by atoms with E-state index in [1.807, 2.05) is 13.8 Å². The molecule has 17 heavy (non-hydrogen) atoms. The third-order valence-corrected chi connectivity index (χ3v) is 2.75. The van der Waals surface area contributed by atoms with Crippen LogP contribution >= 0.6 is 0 Å². The number of anilines is 1. The predicted molar refractivity (Wildman–Crippen MR) is 76.4 cm³/mol. The minimum Gasteiger partial charge on any atom is -0.400 e. The molecule has 0 aliphatic heterocycles. The lowest BCUT2D eigenvalue weighted by atomic mass is 9.95. The predicted octanol–water partition coefficient (Wildman–Crippen LogP) is 4.07. The van der Waals surface area contributed by atoms with E-state index >= 15 is 0 Å². The van der Waals surface area contributed by atoms with Gasteiger partial charge in [0.15, 0.2) is 0 Å². The topological polar surface area (TPSA) is 32.3 Å². The highest BCUT2D eigenvalue weighted by atomic mass is 16.2. The summed E-state index contributed by atoms with van der Waals surface area (Å²) in [7, 11) is 1.00. The van der Waals surface area contributed by atoms with E-state index in [9.17, 15) is 0 Å². The largest absolute Gasteiger partial charge is 0.400 e. The summed E-state index contributed by atoms with van der Waals surface area (Å²) in [6, 6.07) is 11.3. The lowest BCUT2D eigenvalue weighted by Crippen LogP contribution is -2.21. The highest BCUT2D eigenvalue weighted by molar-refractivity contribution is 5.43. The van der Waals surface area contributed by atoms with Gasteiger partial charge in [0.1, 0.15) is 0 Å². The van der Waals surface area contributed by atoms with E-state index in [0.29, 0.717) is 0 Å². The zero-order valence-corrected chi connectivity index (χ0v) is 11.4. The second kappa shape index (κ2) is 11.5. The van der Waals surface area contributed by atoms with Crippen molar-refractivity contribution in [2.75, 3.05) is 12.4 Å². The Balaban J connectivity index is 0.000000581. The van der Waals surface area contributed by atoms with Crippen molar-refractivity contribution < 1.29 is 5.11 Å². The van der Waals surface area contributed by atoms with Crippen LogP contribution < -0.4 is 5.32 Å². The van der Waals surface area contributed by atoms with Gasteiger partial charge in [-0.3, -0.25) is 0 Å². The maximum atomic E-state index is 7.00. The fourth-order valence-corrected chi connectivity index (χ4v) is 2.02. The van der Waals surface area contributed by atoms with Crippen molar-refractivity contribution in [2.45, 2.75) is 52.0 Å². The average Bonchev–Trinajstić information content (AvgIpc) is 2.45. The third-order valence-electron chi connectivity index (χ3n) is 2.75. The SMILES string of the molecule is CC.CO.c1ccc(NC2CCCCC2)cc1. The van der Waals surface area contributed by atoms with Crippen molar-refractivity contribution in [1.29, 1.82) is 0 Å². The highest BCUT2D eigenvalue weighted by Gasteiger charge is 2.12. The first-order valence-corrected chi connectivity index (χ1v) is 6.71. The molecule has 0 bridgehead atoms. The molecular formula is C15H27NO. The zero-order chi connectivity index (χ0) is 12.9. The van der Waals surface area contributed by atoms with Crippen LogP contribution in [0.4, 0.5) is 5.69 Å². The number of aliphatic hydroxyl groups excluding tert-OH is 1. The Morgan fingerprint density at radius 2 is 1.47 bits per heavy atom. The fourth-order valence-electron chi connectivity index (χ4n) is 2.02. The molecule has 2 N–H and O–H groups in total. The van der Waals surface area contributed by atoms with Crippen LogP contribution in [0.25, 0.3) is 0 Å². The van der Waals surface area contributed by atoms with E-state index in [4.69, 9.17) is 5.11 Å². The first-order valence-electron chi connectivity index (χ1n) is 6.71. The van der Waals surface area contributed by atoms with E-state index in [1.54, 1.807) is 0 Å². The number of hydrogen-bond donors (Lipinski definition) is 2. The highest BCUT2D eigenvalue weighted by Crippen LogP contribution is 2.21. The number of nitrogens with one attached hydrogen (secondary N) is 1. The van der Waals surface area contributed by atoms with Gasteiger partial charge in [0.2, 0.25) is 0 Å². The molecule has 0 radical (unpaired) electrons. The van der Waals surface area contributed by atoms with Crippen molar-refractivity contribution in [3.8, 4) is 0 Å². The Hall–Kier alpha value is -1.02. The second-order valence-electron chi connectivity index (χ2n) is 3.85. The van der Waals surface area contributed by atoms with Crippen LogP contribution in [-0.4, -0.2) is 18.3 Å². The number of para-hydroxylation sites is 1. The molecule has 1 fully saturated rings. The molecule has 0 atom stereocenters. The molecule has 0 amide bonds. The normalized spacial score (nSPS) is 14.8. The first-order chi connectivity index (χ1) is 8.45. The number of aliphatic hydroxyl groups is 1. The Kier molecular flexibility index (Phi) is 10.8. The van der Waals surface area contributed by atoms with E-state index in [0.717, 1.165) is 13.2 Å². The Bertz CT molecular complexity index is 242. The maximum absolute atomic E-state index is 7.00. The molecule has 1 aliphatic rings. The van der Waals surface area contributed by atoms with Crippen LogP contribution in [-0.2, 0) is 0 Å². The summed E-state index contributed by atoms with van der Waals surface area (Å²) >= 11 is 0. The first kappa shape index (κ1) is 16.0. The molecule has 1 aromatic carbocycles. The molecule has 1 aromatic rings. The fraction of sp³-hybridized carbons (Fsp3) is 0.600. The summed E-state index contributed by atoms with van der Waals surface area (Å²) in [5.41, 5.74) is 1.27. The standard InChI is InChI=1S/C12H17N.C2H6.CH4O/c1-3-7-11(8-4-1)13-12-9-5-2-6-10-12;2*1-2/h1,3-4,7-8,12-13H,2,5-6,9-10H2;1-2H3;2H,1H3. The van der Waals surface area contributed by atoms with Crippen LogP contribution in [0.1, 0.15) is 46.0 Å². The van der Waals surface area contributed by atoms with Crippen LogP contribution in [0, 0.1) is 0 Å². The molecule has 2 heteroatoms. The minimum absolute atomic E-state index is 0.719. The molecule has 98 valence electrons. The molecule has 2 nitrogen and oxygen atoms in total. The molecule has 0 heterocycles. The summed E-state index contributed by atoms with van der Waals surface area (Å²) < 4.78 is 0. The zero-order valence-electron chi connectivity index (χ0n) is 11.4. The molecule has 2 rings (SSSR count). The van der Waals surface area contributed by atoms with E-state index in [1.165, 1.54) is 37.8 Å². The maximum Gasteiger partial charge on any atom is 0.0342 e. The van der Waals surface area contributed by atoms with Gasteiger partial charge in [-0.2, -0.15) is 0 Å². The van der Waals surface area contributed by atoms with Gasteiger partial charge in [-0.15, -0.1) is 0 Å². The molecular weight excluding hydrogens is 210 g/mol. The average molecular weight is 237 g/mol. The molecule has 1 aliphatic carbocycles. The van der Waals surface area contributed by atoms with Gasteiger partial charge in [0.05, 0.1) is 0 Å². The number of rotatable bonds is 2. The van der Waals surface area contributed by atoms with Crippen molar-refractivity contribution in [2.24, 2.45) is 0 Å². The summed E-state index contributed by atoms with van der Waals surface area (Å²) in [5.74, 6) is 0. The second-order valence-corrected chi connectivity index (χ2v) is 3.85. The molecule has 0 saturated heterocycles. The van der Waals surface area contributed by atoms with Crippen molar-refractivity contribution >= 4 is 5.69 Å². The Morgan fingerprint density at radius 1 is 0.941 bits per heavy atom. The van der Waals surface area contributed by atoms with Gasteiger partial charge in [0, 0.05) is 18.8 Å². The lowest BCUT2D eigenvalue weighted by Gasteiger charge is -2.23. The summed E-state index contributed by atoms with van der Waals surface area (Å²) in [6.07, 6.45) is 6.89. The van der Waals surface area contributed by atoms with Crippen molar-refractivity contribution in [1.82, 2.24) is 0 Å². The van der Waals surface area contributed by atoms with Gasteiger partial charge in [0.25, 0.3) is 0 Å². The number of benzene rings is 1. The molecule has 0 unspecified atom stereocenters. The smallest absolute Gasteiger partial charge is 0.0342 e. The third kappa shape index (κ3) is 7.01. The van der Waals surface area contributed by atoms with Crippen LogP contribution in [0.3, 0.4) is 0 Å². The van der Waals surface area contributed by atoms with Crippen molar-refractivity contribution in [3.05, 3.63) is 30.3 Å². The van der Waals surface area contributed by atoms with Crippen LogP contribution in [0.2, 0.25) is 0 Å². The van der Waals surface area contributed by atoms with Crippen molar-refractivity contribution in [3.63, 3.8) is 0 Å². The molecule has 0 aromatic heterocycles.